The fourth-order valence-electron chi connectivity index (χ4n) is 2.90. The zero-order valence-electron chi connectivity index (χ0n) is 13.7. The summed E-state index contributed by atoms with van der Waals surface area (Å²) < 4.78 is 12.9. The number of benzene rings is 1. The van der Waals surface area contributed by atoms with E-state index in [1.54, 1.807) is 24.4 Å². The molecule has 0 unspecified atom stereocenters. The molecule has 1 aromatic heterocycles. The highest BCUT2D eigenvalue weighted by Crippen LogP contribution is 2.15. The number of rotatable bonds is 4. The van der Waals surface area contributed by atoms with Gasteiger partial charge in [-0.3, -0.25) is 9.78 Å². The summed E-state index contributed by atoms with van der Waals surface area (Å²) >= 11 is 0. The van der Waals surface area contributed by atoms with Gasteiger partial charge in [0.05, 0.1) is 0 Å². The fraction of sp³-hybridized carbons (Fsp3) is 0.368. The van der Waals surface area contributed by atoms with Gasteiger partial charge in [0.15, 0.2) is 0 Å². The first kappa shape index (κ1) is 16.4. The smallest absolute Gasteiger partial charge is 0.272 e. The van der Waals surface area contributed by atoms with Crippen molar-refractivity contribution in [3.05, 3.63) is 59.7 Å². The Bertz CT molecular complexity index is 679. The summed E-state index contributed by atoms with van der Waals surface area (Å²) in [6, 6.07) is 9.99. The molecule has 1 saturated heterocycles. The van der Waals surface area contributed by atoms with E-state index in [4.69, 9.17) is 0 Å². The number of hydrogen-bond acceptors (Lipinski definition) is 3. The molecule has 1 aliphatic heterocycles. The van der Waals surface area contributed by atoms with Gasteiger partial charge in [0, 0.05) is 31.5 Å². The third-order valence-corrected chi connectivity index (χ3v) is 4.28. The summed E-state index contributed by atoms with van der Waals surface area (Å²) in [5.41, 5.74) is 2.29. The minimum atomic E-state index is -0.243. The van der Waals surface area contributed by atoms with Crippen LogP contribution in [0.4, 0.5) is 10.1 Å². The van der Waals surface area contributed by atoms with Crippen LogP contribution in [0.1, 0.15) is 41.7 Å². The lowest BCUT2D eigenvalue weighted by atomic mass is 10.2. The first-order valence-corrected chi connectivity index (χ1v) is 8.46. The van der Waals surface area contributed by atoms with Crippen LogP contribution in [0.2, 0.25) is 0 Å². The number of carbonyl (C=O) groups is 1. The normalized spacial score (nSPS) is 15.0. The summed E-state index contributed by atoms with van der Waals surface area (Å²) in [6.07, 6.45) is 6.16. The van der Waals surface area contributed by atoms with E-state index in [0.29, 0.717) is 12.2 Å². The third-order valence-electron chi connectivity index (χ3n) is 4.28. The maximum atomic E-state index is 12.9. The molecule has 0 spiro atoms. The lowest BCUT2D eigenvalue weighted by Gasteiger charge is -2.20. The van der Waals surface area contributed by atoms with Gasteiger partial charge in [0.1, 0.15) is 11.5 Å². The Kier molecular flexibility index (Phi) is 5.41. The first-order valence-electron chi connectivity index (χ1n) is 8.46. The minimum absolute atomic E-state index is 0.00216. The van der Waals surface area contributed by atoms with Gasteiger partial charge in [-0.05, 0) is 42.7 Å². The molecule has 1 N–H and O–H groups in total. The molecule has 3 rings (SSSR count). The minimum Gasteiger partial charge on any atom is -0.381 e. The van der Waals surface area contributed by atoms with E-state index in [1.165, 1.54) is 25.0 Å². The Morgan fingerprint density at radius 3 is 2.50 bits per heavy atom. The maximum Gasteiger partial charge on any atom is 0.272 e. The molecule has 1 amide bonds. The summed E-state index contributed by atoms with van der Waals surface area (Å²) in [5.74, 6) is -0.240. The number of hydrogen-bond donors (Lipinski definition) is 1. The summed E-state index contributed by atoms with van der Waals surface area (Å²) in [5, 5.41) is 3.26. The molecule has 0 bridgehead atoms. The zero-order chi connectivity index (χ0) is 16.8. The molecule has 2 aromatic rings. The van der Waals surface area contributed by atoms with Crippen molar-refractivity contribution in [2.24, 2.45) is 0 Å². The predicted octanol–water partition coefficient (Wildman–Crippen LogP) is 3.85. The average Bonchev–Trinajstić information content (AvgIpc) is 2.90. The Balaban J connectivity index is 1.64. The number of pyridine rings is 1. The second-order valence-electron chi connectivity index (χ2n) is 6.12. The van der Waals surface area contributed by atoms with Crippen LogP contribution in [-0.4, -0.2) is 28.9 Å². The van der Waals surface area contributed by atoms with Gasteiger partial charge >= 0.3 is 0 Å². The summed E-state index contributed by atoms with van der Waals surface area (Å²) in [6.45, 7) is 2.20. The molecule has 1 fully saturated rings. The van der Waals surface area contributed by atoms with Crippen molar-refractivity contribution in [1.82, 2.24) is 9.88 Å². The monoisotopic (exact) mass is 327 g/mol. The van der Waals surface area contributed by atoms with Crippen molar-refractivity contribution >= 4 is 11.6 Å². The number of halogens is 1. The van der Waals surface area contributed by atoms with E-state index in [9.17, 15) is 9.18 Å². The molecule has 2 heterocycles. The molecule has 1 aliphatic rings. The van der Waals surface area contributed by atoms with Crippen molar-refractivity contribution in [3.8, 4) is 0 Å². The molecular formula is C19H22FN3O. The molecule has 0 saturated carbocycles. The Morgan fingerprint density at radius 1 is 1.08 bits per heavy atom. The SMILES string of the molecule is O=C(c1cc(NCc2ccc(F)cc2)ccn1)N1CCCCCC1. The molecule has 4 nitrogen and oxygen atoms in total. The van der Waals surface area contributed by atoms with Crippen molar-refractivity contribution < 1.29 is 9.18 Å². The molecule has 1 aromatic carbocycles. The number of anilines is 1. The Hall–Kier alpha value is -2.43. The second kappa shape index (κ2) is 7.90. The van der Waals surface area contributed by atoms with E-state index in [0.717, 1.165) is 37.2 Å². The number of nitrogens with one attached hydrogen (secondary N) is 1. The second-order valence-corrected chi connectivity index (χ2v) is 6.12. The lowest BCUT2D eigenvalue weighted by molar-refractivity contribution is 0.0756. The third kappa shape index (κ3) is 4.31. The topological polar surface area (TPSA) is 45.2 Å². The van der Waals surface area contributed by atoms with Gasteiger partial charge in [0.25, 0.3) is 5.91 Å². The van der Waals surface area contributed by atoms with Gasteiger partial charge in [-0.15, -0.1) is 0 Å². The molecule has 126 valence electrons. The number of amides is 1. The highest BCUT2D eigenvalue weighted by molar-refractivity contribution is 5.93. The number of carbonyl (C=O) groups excluding carboxylic acids is 1. The van der Waals surface area contributed by atoms with Gasteiger partial charge in [-0.1, -0.05) is 25.0 Å². The van der Waals surface area contributed by atoms with E-state index in [1.807, 2.05) is 11.0 Å². The van der Waals surface area contributed by atoms with Crippen LogP contribution in [0.5, 0.6) is 0 Å². The highest BCUT2D eigenvalue weighted by atomic mass is 19.1. The van der Waals surface area contributed by atoms with Crippen LogP contribution in [-0.2, 0) is 6.54 Å². The van der Waals surface area contributed by atoms with E-state index >= 15 is 0 Å². The number of likely N-dealkylation sites (tertiary alicyclic amines) is 1. The number of aromatic nitrogens is 1. The first-order chi connectivity index (χ1) is 11.7. The molecule has 5 heteroatoms. The number of nitrogens with zero attached hydrogens (tertiary/aromatic N) is 2. The van der Waals surface area contributed by atoms with Crippen LogP contribution >= 0.6 is 0 Å². The van der Waals surface area contributed by atoms with Gasteiger partial charge in [-0.25, -0.2) is 4.39 Å². The predicted molar refractivity (Wildman–Crippen MR) is 92.3 cm³/mol. The molecule has 24 heavy (non-hydrogen) atoms. The van der Waals surface area contributed by atoms with Crippen molar-refractivity contribution in [1.29, 1.82) is 0 Å². The average molecular weight is 327 g/mol. The van der Waals surface area contributed by atoms with Crippen LogP contribution in [0, 0.1) is 5.82 Å². The molecular weight excluding hydrogens is 305 g/mol. The van der Waals surface area contributed by atoms with Gasteiger partial charge < -0.3 is 10.2 Å². The lowest BCUT2D eigenvalue weighted by Crippen LogP contribution is -2.32. The quantitative estimate of drug-likeness (QED) is 0.928. The van der Waals surface area contributed by atoms with E-state index < -0.39 is 0 Å². The van der Waals surface area contributed by atoms with Crippen molar-refractivity contribution in [3.63, 3.8) is 0 Å². The summed E-state index contributed by atoms with van der Waals surface area (Å²) in [4.78, 5) is 18.7. The van der Waals surface area contributed by atoms with Crippen LogP contribution < -0.4 is 5.32 Å². The van der Waals surface area contributed by atoms with Crippen LogP contribution in [0.25, 0.3) is 0 Å². The van der Waals surface area contributed by atoms with Crippen LogP contribution in [0.15, 0.2) is 42.6 Å². The summed E-state index contributed by atoms with van der Waals surface area (Å²) in [7, 11) is 0. The Morgan fingerprint density at radius 2 is 1.79 bits per heavy atom. The highest BCUT2D eigenvalue weighted by Gasteiger charge is 2.18. The largest absolute Gasteiger partial charge is 0.381 e. The zero-order valence-corrected chi connectivity index (χ0v) is 13.7. The molecule has 0 atom stereocenters. The van der Waals surface area contributed by atoms with Crippen molar-refractivity contribution in [2.45, 2.75) is 32.2 Å². The Labute approximate surface area is 141 Å². The van der Waals surface area contributed by atoms with E-state index in [2.05, 4.69) is 10.3 Å². The molecule has 0 aliphatic carbocycles. The molecule has 0 radical (unpaired) electrons. The standard InChI is InChI=1S/C19H22FN3O/c20-16-7-5-15(6-8-16)14-22-17-9-10-21-18(13-17)19(24)23-11-3-1-2-4-12-23/h5-10,13H,1-4,11-12,14H2,(H,21,22). The van der Waals surface area contributed by atoms with Crippen LogP contribution in [0.3, 0.4) is 0 Å². The fourth-order valence-corrected chi connectivity index (χ4v) is 2.90. The van der Waals surface area contributed by atoms with Crippen molar-refractivity contribution in [2.75, 3.05) is 18.4 Å². The van der Waals surface area contributed by atoms with Gasteiger partial charge in [-0.2, -0.15) is 0 Å². The van der Waals surface area contributed by atoms with E-state index in [-0.39, 0.29) is 11.7 Å². The van der Waals surface area contributed by atoms with Gasteiger partial charge in [0.2, 0.25) is 0 Å². The maximum absolute atomic E-state index is 12.9.